The summed E-state index contributed by atoms with van der Waals surface area (Å²) in [5.41, 5.74) is 1.91. The lowest BCUT2D eigenvalue weighted by Gasteiger charge is -2.32. The van der Waals surface area contributed by atoms with Gasteiger partial charge in [0.25, 0.3) is 0 Å². The number of imidazole rings is 1. The Labute approximate surface area is 191 Å². The Hall–Kier alpha value is -2.09. The first-order valence-corrected chi connectivity index (χ1v) is 11.4. The molecular formula is C24H28ClF3N4. The van der Waals surface area contributed by atoms with Crippen LogP contribution in [0.4, 0.5) is 13.2 Å². The molecule has 0 radical (unpaired) electrons. The minimum absolute atomic E-state index is 0.505. The Morgan fingerprint density at radius 1 is 1.19 bits per heavy atom. The highest BCUT2D eigenvalue weighted by atomic mass is 35.5. The number of halogens is 4. The van der Waals surface area contributed by atoms with Crippen LogP contribution in [0.2, 0.25) is 0 Å². The maximum absolute atomic E-state index is 12.8. The topological polar surface area (TPSA) is 44.0 Å². The fourth-order valence-electron chi connectivity index (χ4n) is 4.22. The van der Waals surface area contributed by atoms with E-state index >= 15 is 0 Å². The first kappa shape index (κ1) is 23.1. The maximum atomic E-state index is 12.8. The fraction of sp³-hybridized carbons (Fsp3) is 0.458. The zero-order valence-electron chi connectivity index (χ0n) is 18.1. The normalized spacial score (nSPS) is 20.5. The molecule has 4 rings (SSSR count). The van der Waals surface area contributed by atoms with Crippen LogP contribution in [0.3, 0.4) is 0 Å². The van der Waals surface area contributed by atoms with E-state index in [0.717, 1.165) is 74.0 Å². The Morgan fingerprint density at radius 3 is 2.53 bits per heavy atom. The van der Waals surface area contributed by atoms with E-state index in [9.17, 15) is 13.2 Å². The van der Waals surface area contributed by atoms with E-state index in [1.54, 1.807) is 0 Å². The molecule has 172 valence electrons. The minimum atomic E-state index is -4.33. The van der Waals surface area contributed by atoms with Gasteiger partial charge < -0.3 is 10.3 Å². The summed E-state index contributed by atoms with van der Waals surface area (Å²) in [6, 6.07) is 5.64. The predicted molar refractivity (Wildman–Crippen MR) is 121 cm³/mol. The molecule has 0 spiro atoms. The molecule has 0 saturated carbocycles. The number of aromatic amines is 1. The van der Waals surface area contributed by atoms with Gasteiger partial charge in [0, 0.05) is 48.5 Å². The molecule has 2 N–H and O–H groups in total. The number of piperidine rings is 1. The van der Waals surface area contributed by atoms with Crippen molar-refractivity contribution in [3.8, 4) is 11.4 Å². The second-order valence-corrected chi connectivity index (χ2v) is 9.07. The number of nitrogens with one attached hydrogen (secondary N) is 2. The van der Waals surface area contributed by atoms with Gasteiger partial charge in [-0.1, -0.05) is 35.9 Å². The van der Waals surface area contributed by atoms with Crippen LogP contribution in [-0.2, 0) is 12.7 Å². The number of rotatable bonds is 6. The molecule has 4 nitrogen and oxygen atoms in total. The predicted octanol–water partition coefficient (Wildman–Crippen LogP) is 5.66. The van der Waals surface area contributed by atoms with E-state index in [-0.39, 0.29) is 0 Å². The number of allylic oxidation sites excluding steroid dienone is 3. The largest absolute Gasteiger partial charge is 0.416 e. The summed E-state index contributed by atoms with van der Waals surface area (Å²) in [6.07, 6.45) is 5.05. The second-order valence-electron chi connectivity index (χ2n) is 8.63. The van der Waals surface area contributed by atoms with Gasteiger partial charge in [-0.15, -0.1) is 0 Å². The molecule has 32 heavy (non-hydrogen) atoms. The first-order chi connectivity index (χ1) is 15.3. The molecular weight excluding hydrogens is 437 g/mol. The highest BCUT2D eigenvalue weighted by molar-refractivity contribution is 6.31. The molecule has 1 fully saturated rings. The number of benzene rings is 1. The number of likely N-dealkylation sites (tertiary alicyclic amines) is 1. The van der Waals surface area contributed by atoms with Gasteiger partial charge in [0.05, 0.1) is 11.3 Å². The Bertz CT molecular complexity index is 970. The van der Waals surface area contributed by atoms with Crippen molar-refractivity contribution in [3.05, 3.63) is 64.5 Å². The average Bonchev–Trinajstić information content (AvgIpc) is 3.14. The van der Waals surface area contributed by atoms with Crippen molar-refractivity contribution in [1.29, 1.82) is 0 Å². The number of aromatic nitrogens is 2. The number of alkyl halides is 3. The summed E-state index contributed by atoms with van der Waals surface area (Å²) in [5, 5.41) is 4.51. The van der Waals surface area contributed by atoms with Gasteiger partial charge in [0.15, 0.2) is 0 Å². The summed E-state index contributed by atoms with van der Waals surface area (Å²) in [7, 11) is 0. The maximum Gasteiger partial charge on any atom is 0.416 e. The molecule has 0 bridgehead atoms. The highest BCUT2D eigenvalue weighted by Gasteiger charge is 2.30. The van der Waals surface area contributed by atoms with Crippen LogP contribution in [0.5, 0.6) is 0 Å². The molecule has 1 saturated heterocycles. The molecule has 1 aromatic carbocycles. The Morgan fingerprint density at radius 2 is 1.91 bits per heavy atom. The molecule has 0 amide bonds. The Kier molecular flexibility index (Phi) is 7.08. The van der Waals surface area contributed by atoms with Crippen LogP contribution < -0.4 is 5.32 Å². The van der Waals surface area contributed by atoms with E-state index < -0.39 is 11.7 Å². The van der Waals surface area contributed by atoms with E-state index in [4.69, 9.17) is 11.6 Å². The molecule has 1 aromatic heterocycles. The van der Waals surface area contributed by atoms with Crippen LogP contribution >= 0.6 is 11.6 Å². The average molecular weight is 465 g/mol. The van der Waals surface area contributed by atoms with Gasteiger partial charge in [-0.2, -0.15) is 13.2 Å². The minimum Gasteiger partial charge on any atom is -0.342 e. The van der Waals surface area contributed by atoms with Crippen LogP contribution in [0, 0.1) is 12.8 Å². The lowest BCUT2D eigenvalue weighted by atomic mass is 9.99. The van der Waals surface area contributed by atoms with E-state index in [1.165, 1.54) is 12.1 Å². The van der Waals surface area contributed by atoms with Gasteiger partial charge in [-0.05, 0) is 50.3 Å². The number of aryl methyl sites for hydroxylation is 1. The van der Waals surface area contributed by atoms with Gasteiger partial charge in [-0.3, -0.25) is 4.90 Å². The van der Waals surface area contributed by atoms with Crippen LogP contribution in [0.1, 0.15) is 36.2 Å². The molecule has 1 atom stereocenters. The number of hydrogen-bond acceptors (Lipinski definition) is 3. The monoisotopic (exact) mass is 464 g/mol. The van der Waals surface area contributed by atoms with Gasteiger partial charge in [-0.25, -0.2) is 4.98 Å². The molecule has 1 aliphatic carbocycles. The van der Waals surface area contributed by atoms with Crippen molar-refractivity contribution in [2.75, 3.05) is 19.6 Å². The zero-order chi connectivity index (χ0) is 22.7. The summed E-state index contributed by atoms with van der Waals surface area (Å²) < 4.78 is 38.4. The molecule has 1 aliphatic heterocycles. The fourth-order valence-corrected chi connectivity index (χ4v) is 4.38. The molecule has 2 aliphatic rings. The van der Waals surface area contributed by atoms with Crippen molar-refractivity contribution >= 4 is 11.6 Å². The van der Waals surface area contributed by atoms with Crippen LogP contribution in [-0.4, -0.2) is 40.5 Å². The highest BCUT2D eigenvalue weighted by Crippen LogP contribution is 2.30. The van der Waals surface area contributed by atoms with Crippen molar-refractivity contribution in [3.63, 3.8) is 0 Å². The Balaban J connectivity index is 1.27. The van der Waals surface area contributed by atoms with Crippen LogP contribution in [0.25, 0.3) is 11.4 Å². The smallest absolute Gasteiger partial charge is 0.342 e. The lowest BCUT2D eigenvalue weighted by molar-refractivity contribution is -0.137. The van der Waals surface area contributed by atoms with Crippen molar-refractivity contribution in [2.45, 2.75) is 44.9 Å². The standard InChI is InChI=1S/C24H28ClF3N4/c1-16-22(31-23(30-16)18-4-6-19(7-5-18)24(26,27)28)15-32-12-10-21(11-13-32)29-14-17-2-8-20(25)9-3-17/h2,4-9,17,21,29H,3,10-15H2,1H3,(H,30,31). The third kappa shape index (κ3) is 5.82. The second kappa shape index (κ2) is 9.81. The molecule has 8 heteroatoms. The van der Waals surface area contributed by atoms with Gasteiger partial charge in [0.2, 0.25) is 0 Å². The van der Waals surface area contributed by atoms with Crippen molar-refractivity contribution in [2.24, 2.45) is 5.92 Å². The van der Waals surface area contributed by atoms with E-state index in [2.05, 4.69) is 32.3 Å². The number of nitrogens with zero attached hydrogens (tertiary/aromatic N) is 2. The third-order valence-electron chi connectivity index (χ3n) is 6.24. The van der Waals surface area contributed by atoms with E-state index in [1.807, 2.05) is 13.0 Å². The third-order valence-corrected chi connectivity index (χ3v) is 6.52. The first-order valence-electron chi connectivity index (χ1n) is 11.0. The van der Waals surface area contributed by atoms with Crippen LogP contribution in [0.15, 0.2) is 47.5 Å². The summed E-state index contributed by atoms with van der Waals surface area (Å²) in [5.74, 6) is 1.11. The molecule has 2 heterocycles. The SMILES string of the molecule is Cc1[nH]c(-c2ccc(C(F)(F)F)cc2)nc1CN1CCC(NCC2C=CC(Cl)=CC2)CC1. The van der Waals surface area contributed by atoms with E-state index in [0.29, 0.717) is 23.3 Å². The quantitative estimate of drug-likeness (QED) is 0.580. The van der Waals surface area contributed by atoms with Crippen molar-refractivity contribution in [1.82, 2.24) is 20.2 Å². The molecule has 2 aromatic rings. The summed E-state index contributed by atoms with van der Waals surface area (Å²) >= 11 is 5.98. The summed E-state index contributed by atoms with van der Waals surface area (Å²) in [4.78, 5) is 10.3. The number of H-pyrrole nitrogens is 1. The zero-order valence-corrected chi connectivity index (χ0v) is 18.8. The number of hydrogen-bond donors (Lipinski definition) is 2. The summed E-state index contributed by atoms with van der Waals surface area (Å²) in [6.45, 7) is 5.65. The van der Waals surface area contributed by atoms with Gasteiger partial charge >= 0.3 is 6.18 Å². The van der Waals surface area contributed by atoms with Gasteiger partial charge in [0.1, 0.15) is 5.82 Å². The van der Waals surface area contributed by atoms with Crippen molar-refractivity contribution < 1.29 is 13.2 Å². The molecule has 1 unspecified atom stereocenters. The lowest BCUT2D eigenvalue weighted by Crippen LogP contribution is -2.43.